The molecule has 0 fully saturated rings. The Balaban J connectivity index is 1.28. The van der Waals surface area contributed by atoms with Crippen LogP contribution in [0.3, 0.4) is 0 Å². The van der Waals surface area contributed by atoms with Crippen molar-refractivity contribution in [2.75, 3.05) is 4.90 Å². The van der Waals surface area contributed by atoms with Crippen LogP contribution < -0.4 is 4.90 Å². The van der Waals surface area contributed by atoms with Gasteiger partial charge in [0.2, 0.25) is 0 Å². The fraction of sp³-hybridized carbons (Fsp3) is 0. The predicted octanol–water partition coefficient (Wildman–Crippen LogP) is 11.6. The molecule has 214 valence electrons. The van der Waals surface area contributed by atoms with Gasteiger partial charge in [0, 0.05) is 43.7 Å². The van der Waals surface area contributed by atoms with Crippen LogP contribution in [-0.4, -0.2) is 9.13 Å². The highest BCUT2D eigenvalue weighted by molar-refractivity contribution is 6.30. The third-order valence-corrected chi connectivity index (χ3v) is 9.80. The summed E-state index contributed by atoms with van der Waals surface area (Å²) in [6, 6.07) is 54.5. The maximum atomic E-state index is 6.20. The molecule has 0 spiro atoms. The summed E-state index contributed by atoms with van der Waals surface area (Å²) in [5.41, 5.74) is 12.4. The standard InChI is InChI=1S/C42H25N3O/c1-2-11-26(12-3-1)43-32-16-6-4-14-29(32)40-35(43)22-23-36-41(40)30-15-10-19-37-42(30)45(36)34-18-8-7-17-33(34)44(37)27-21-24-39-31(25-27)28-13-5-9-20-38(28)46-39/h1-25H. The molecule has 4 heteroatoms. The first-order valence-electron chi connectivity index (χ1n) is 15.7. The summed E-state index contributed by atoms with van der Waals surface area (Å²) in [5, 5.41) is 7.35. The highest BCUT2D eigenvalue weighted by atomic mass is 16.3. The average molecular weight is 588 g/mol. The zero-order valence-corrected chi connectivity index (χ0v) is 24.7. The van der Waals surface area contributed by atoms with E-state index < -0.39 is 0 Å². The molecule has 4 heterocycles. The molecular weight excluding hydrogens is 562 g/mol. The first kappa shape index (κ1) is 24.1. The third kappa shape index (κ3) is 2.98. The van der Waals surface area contributed by atoms with E-state index in [1.165, 1.54) is 60.7 Å². The molecule has 11 rings (SSSR count). The number of fused-ring (bicyclic) bond motifs is 12. The minimum atomic E-state index is 0.903. The molecule has 3 aromatic heterocycles. The van der Waals surface area contributed by atoms with E-state index in [9.17, 15) is 0 Å². The van der Waals surface area contributed by atoms with Gasteiger partial charge in [-0.2, -0.15) is 0 Å². The molecule has 1 aliphatic rings. The summed E-state index contributed by atoms with van der Waals surface area (Å²) in [5.74, 6) is 0. The number of benzene rings is 7. The number of hydrogen-bond acceptors (Lipinski definition) is 2. The van der Waals surface area contributed by atoms with Gasteiger partial charge in [0.1, 0.15) is 11.2 Å². The summed E-state index contributed by atoms with van der Waals surface area (Å²) in [4.78, 5) is 2.42. The number of furan rings is 1. The Morgan fingerprint density at radius 2 is 1.02 bits per heavy atom. The number of aromatic nitrogens is 2. The van der Waals surface area contributed by atoms with E-state index >= 15 is 0 Å². The zero-order chi connectivity index (χ0) is 29.9. The van der Waals surface area contributed by atoms with Crippen molar-refractivity contribution in [3.8, 4) is 11.4 Å². The highest BCUT2D eigenvalue weighted by Crippen LogP contribution is 2.52. The molecular formula is C42H25N3O. The third-order valence-electron chi connectivity index (χ3n) is 9.80. The Morgan fingerprint density at radius 1 is 0.370 bits per heavy atom. The Bertz CT molecular complexity index is 2870. The Kier molecular flexibility index (Phi) is 4.55. The fourth-order valence-electron chi connectivity index (χ4n) is 7.99. The lowest BCUT2D eigenvalue weighted by atomic mass is 10.0. The molecule has 0 saturated heterocycles. The number of hydrogen-bond donors (Lipinski definition) is 0. The van der Waals surface area contributed by atoms with Gasteiger partial charge in [-0.05, 0) is 72.8 Å². The summed E-state index contributed by atoms with van der Waals surface area (Å²) in [6.45, 7) is 0. The van der Waals surface area contributed by atoms with Crippen LogP contribution in [0.25, 0.3) is 76.9 Å². The molecule has 0 N–H and O–H groups in total. The van der Waals surface area contributed by atoms with Gasteiger partial charge in [-0.1, -0.05) is 78.9 Å². The second-order valence-electron chi connectivity index (χ2n) is 12.2. The minimum absolute atomic E-state index is 0.903. The second-order valence-corrected chi connectivity index (χ2v) is 12.2. The second kappa shape index (κ2) is 8.68. The van der Waals surface area contributed by atoms with Crippen molar-refractivity contribution >= 4 is 82.6 Å². The van der Waals surface area contributed by atoms with Gasteiger partial charge in [-0.3, -0.25) is 0 Å². The van der Waals surface area contributed by atoms with Crippen molar-refractivity contribution in [1.82, 2.24) is 9.13 Å². The monoisotopic (exact) mass is 587 g/mol. The van der Waals surface area contributed by atoms with Crippen molar-refractivity contribution in [1.29, 1.82) is 0 Å². The van der Waals surface area contributed by atoms with Crippen LogP contribution in [-0.2, 0) is 0 Å². The summed E-state index contributed by atoms with van der Waals surface area (Å²) in [6.07, 6.45) is 0. The topological polar surface area (TPSA) is 26.2 Å². The number of nitrogens with zero attached hydrogens (tertiary/aromatic N) is 3. The number of anilines is 3. The first-order chi connectivity index (χ1) is 22.8. The maximum Gasteiger partial charge on any atom is 0.135 e. The van der Waals surface area contributed by atoms with Gasteiger partial charge < -0.3 is 18.5 Å². The largest absolute Gasteiger partial charge is 0.456 e. The van der Waals surface area contributed by atoms with Gasteiger partial charge in [0.25, 0.3) is 0 Å². The Labute approximate surface area is 263 Å². The molecule has 0 saturated carbocycles. The lowest BCUT2D eigenvalue weighted by Gasteiger charge is -2.33. The van der Waals surface area contributed by atoms with Gasteiger partial charge in [-0.15, -0.1) is 0 Å². The van der Waals surface area contributed by atoms with Crippen LogP contribution in [0, 0.1) is 0 Å². The Hall–Kier alpha value is -6.26. The van der Waals surface area contributed by atoms with E-state index in [0.29, 0.717) is 0 Å². The van der Waals surface area contributed by atoms with Gasteiger partial charge >= 0.3 is 0 Å². The van der Waals surface area contributed by atoms with Crippen LogP contribution in [0.4, 0.5) is 17.1 Å². The van der Waals surface area contributed by atoms with Crippen LogP contribution in [0.5, 0.6) is 0 Å². The molecule has 0 radical (unpaired) electrons. The molecule has 0 aliphatic carbocycles. The SMILES string of the molecule is c1ccc(-n2c3ccccc3c3c4c5cccc6c5n(c4ccc32)-c2ccccc2N6c2ccc3oc4ccccc4c3c2)cc1. The van der Waals surface area contributed by atoms with E-state index in [2.05, 4.69) is 154 Å². The normalized spacial score (nSPS) is 12.7. The van der Waals surface area contributed by atoms with E-state index in [1.807, 2.05) is 12.1 Å². The van der Waals surface area contributed by atoms with Crippen LogP contribution >= 0.6 is 0 Å². The molecule has 7 aromatic carbocycles. The van der Waals surface area contributed by atoms with Crippen molar-refractivity contribution in [3.63, 3.8) is 0 Å². The molecule has 4 nitrogen and oxygen atoms in total. The quantitative estimate of drug-likeness (QED) is 0.201. The van der Waals surface area contributed by atoms with Crippen LogP contribution in [0.2, 0.25) is 0 Å². The number of rotatable bonds is 2. The average Bonchev–Trinajstić information content (AvgIpc) is 3.77. The maximum absolute atomic E-state index is 6.20. The minimum Gasteiger partial charge on any atom is -0.456 e. The van der Waals surface area contributed by atoms with Gasteiger partial charge in [0.05, 0.1) is 39.1 Å². The molecule has 1 aliphatic heterocycles. The molecule has 0 unspecified atom stereocenters. The fourth-order valence-corrected chi connectivity index (χ4v) is 7.99. The smallest absolute Gasteiger partial charge is 0.135 e. The lowest BCUT2D eigenvalue weighted by Crippen LogP contribution is -2.17. The molecule has 46 heavy (non-hydrogen) atoms. The molecule has 10 aromatic rings. The lowest BCUT2D eigenvalue weighted by molar-refractivity contribution is 0.669. The van der Waals surface area contributed by atoms with Crippen molar-refractivity contribution < 1.29 is 4.42 Å². The summed E-state index contributed by atoms with van der Waals surface area (Å²) in [7, 11) is 0. The van der Waals surface area contributed by atoms with Crippen LogP contribution in [0.1, 0.15) is 0 Å². The zero-order valence-electron chi connectivity index (χ0n) is 24.7. The first-order valence-corrected chi connectivity index (χ1v) is 15.7. The van der Waals surface area contributed by atoms with E-state index in [0.717, 1.165) is 33.3 Å². The van der Waals surface area contributed by atoms with Crippen molar-refractivity contribution in [3.05, 3.63) is 152 Å². The molecule has 0 atom stereocenters. The van der Waals surface area contributed by atoms with Gasteiger partial charge in [0.15, 0.2) is 0 Å². The Morgan fingerprint density at radius 3 is 1.91 bits per heavy atom. The summed E-state index contributed by atoms with van der Waals surface area (Å²) >= 11 is 0. The summed E-state index contributed by atoms with van der Waals surface area (Å²) < 4.78 is 11.1. The van der Waals surface area contributed by atoms with Crippen molar-refractivity contribution in [2.45, 2.75) is 0 Å². The van der Waals surface area contributed by atoms with Crippen molar-refractivity contribution in [2.24, 2.45) is 0 Å². The van der Waals surface area contributed by atoms with Gasteiger partial charge in [-0.25, -0.2) is 0 Å². The van der Waals surface area contributed by atoms with E-state index in [-0.39, 0.29) is 0 Å². The molecule has 0 bridgehead atoms. The number of para-hydroxylation sites is 6. The highest BCUT2D eigenvalue weighted by Gasteiger charge is 2.30. The molecule has 0 amide bonds. The van der Waals surface area contributed by atoms with Crippen LogP contribution in [0.15, 0.2) is 156 Å². The van der Waals surface area contributed by atoms with E-state index in [1.54, 1.807) is 0 Å². The predicted molar refractivity (Wildman–Crippen MR) is 191 cm³/mol. The van der Waals surface area contributed by atoms with E-state index in [4.69, 9.17) is 4.42 Å².